The SMILES string of the molecule is Cn1nc(-c2ncco2)cc1-c1cnc(NC(=O)c2c(F)cccc2F)s1. The molecule has 0 atom stereocenters. The number of benzene rings is 1. The van der Waals surface area contributed by atoms with E-state index in [1.165, 1.54) is 24.7 Å². The van der Waals surface area contributed by atoms with Crippen LogP contribution in [0.15, 0.2) is 47.3 Å². The molecule has 0 aliphatic rings. The van der Waals surface area contributed by atoms with Gasteiger partial charge in [-0.15, -0.1) is 0 Å². The number of oxazole rings is 1. The predicted octanol–water partition coefficient (Wildman–Crippen LogP) is 3.73. The van der Waals surface area contributed by atoms with Crippen molar-refractivity contribution in [3.63, 3.8) is 0 Å². The van der Waals surface area contributed by atoms with Gasteiger partial charge in [-0.3, -0.25) is 14.8 Å². The van der Waals surface area contributed by atoms with Gasteiger partial charge in [0.2, 0.25) is 5.89 Å². The third kappa shape index (κ3) is 3.22. The van der Waals surface area contributed by atoms with Gasteiger partial charge in [0.05, 0.1) is 16.8 Å². The molecule has 10 heteroatoms. The second-order valence-corrected chi connectivity index (χ2v) is 6.49. The molecule has 1 N–H and O–H groups in total. The Kier molecular flexibility index (Phi) is 4.24. The van der Waals surface area contributed by atoms with Crippen molar-refractivity contribution in [1.29, 1.82) is 0 Å². The van der Waals surface area contributed by atoms with Gasteiger partial charge in [0.1, 0.15) is 29.2 Å². The van der Waals surface area contributed by atoms with Crippen LogP contribution >= 0.6 is 11.3 Å². The minimum Gasteiger partial charge on any atom is -0.443 e. The first-order valence-corrected chi connectivity index (χ1v) is 8.50. The summed E-state index contributed by atoms with van der Waals surface area (Å²) in [6, 6.07) is 4.99. The topological polar surface area (TPSA) is 85.8 Å². The van der Waals surface area contributed by atoms with E-state index in [0.717, 1.165) is 29.2 Å². The number of nitrogens with one attached hydrogen (secondary N) is 1. The maximum atomic E-state index is 13.7. The van der Waals surface area contributed by atoms with Gasteiger partial charge in [0.15, 0.2) is 5.13 Å². The summed E-state index contributed by atoms with van der Waals surface area (Å²) in [5, 5.41) is 6.94. The zero-order valence-corrected chi connectivity index (χ0v) is 14.6. The van der Waals surface area contributed by atoms with Crippen molar-refractivity contribution < 1.29 is 18.0 Å². The van der Waals surface area contributed by atoms with Crippen LogP contribution in [0.2, 0.25) is 0 Å². The average Bonchev–Trinajstić information content (AvgIpc) is 3.35. The fourth-order valence-corrected chi connectivity index (χ4v) is 3.34. The van der Waals surface area contributed by atoms with Gasteiger partial charge < -0.3 is 4.42 Å². The molecule has 0 fully saturated rings. The minimum atomic E-state index is -0.938. The molecular formula is C17H11F2N5O2S. The Morgan fingerprint density at radius 1 is 1.26 bits per heavy atom. The lowest BCUT2D eigenvalue weighted by Gasteiger charge is -2.04. The van der Waals surface area contributed by atoms with Crippen LogP contribution in [0.25, 0.3) is 22.2 Å². The number of halogens is 2. The van der Waals surface area contributed by atoms with E-state index in [1.807, 2.05) is 0 Å². The number of carbonyl (C=O) groups excluding carboxylic acids is 1. The van der Waals surface area contributed by atoms with Crippen molar-refractivity contribution in [3.05, 3.63) is 60.1 Å². The van der Waals surface area contributed by atoms with Gasteiger partial charge in [-0.05, 0) is 18.2 Å². The lowest BCUT2D eigenvalue weighted by Crippen LogP contribution is -2.15. The molecule has 0 saturated carbocycles. The van der Waals surface area contributed by atoms with E-state index in [9.17, 15) is 13.6 Å². The molecule has 3 aromatic heterocycles. The zero-order chi connectivity index (χ0) is 19.0. The quantitative estimate of drug-likeness (QED) is 0.577. The van der Waals surface area contributed by atoms with Crippen molar-refractivity contribution in [2.75, 3.05) is 5.32 Å². The van der Waals surface area contributed by atoms with Crippen molar-refractivity contribution in [1.82, 2.24) is 19.7 Å². The fraction of sp³-hybridized carbons (Fsp3) is 0.0588. The Morgan fingerprint density at radius 3 is 2.74 bits per heavy atom. The molecule has 1 amide bonds. The Labute approximate surface area is 155 Å². The molecule has 0 unspecified atom stereocenters. The summed E-state index contributed by atoms with van der Waals surface area (Å²) in [5.74, 6) is -2.40. The number of thiazole rings is 1. The highest BCUT2D eigenvalue weighted by atomic mass is 32.1. The summed E-state index contributed by atoms with van der Waals surface area (Å²) in [4.78, 5) is 21.0. The molecule has 0 saturated heterocycles. The fourth-order valence-electron chi connectivity index (χ4n) is 2.48. The number of hydrogen-bond acceptors (Lipinski definition) is 6. The first-order chi connectivity index (χ1) is 13.0. The van der Waals surface area contributed by atoms with Crippen LogP contribution in [-0.4, -0.2) is 25.7 Å². The Balaban J connectivity index is 1.58. The summed E-state index contributed by atoms with van der Waals surface area (Å²) in [6.07, 6.45) is 4.51. The van der Waals surface area contributed by atoms with Crippen LogP contribution in [0.5, 0.6) is 0 Å². The summed E-state index contributed by atoms with van der Waals surface area (Å²) >= 11 is 1.15. The number of hydrogen-bond donors (Lipinski definition) is 1. The highest BCUT2D eigenvalue weighted by Crippen LogP contribution is 2.31. The Bertz CT molecular complexity index is 1100. The number of amides is 1. The van der Waals surface area contributed by atoms with Crippen molar-refractivity contribution in [2.24, 2.45) is 7.05 Å². The lowest BCUT2D eigenvalue weighted by atomic mass is 10.2. The lowest BCUT2D eigenvalue weighted by molar-refractivity contribution is 0.101. The number of anilines is 1. The van der Waals surface area contributed by atoms with Crippen LogP contribution in [-0.2, 0) is 7.05 Å². The summed E-state index contributed by atoms with van der Waals surface area (Å²) in [5.41, 5.74) is 0.615. The van der Waals surface area contributed by atoms with Gasteiger partial charge >= 0.3 is 0 Å². The van der Waals surface area contributed by atoms with Gasteiger partial charge in [0.25, 0.3) is 5.91 Å². The average molecular weight is 387 g/mol. The highest BCUT2D eigenvalue weighted by Gasteiger charge is 2.19. The molecule has 4 rings (SSSR count). The van der Waals surface area contributed by atoms with Gasteiger partial charge in [-0.2, -0.15) is 5.10 Å². The van der Waals surface area contributed by atoms with Crippen LogP contribution in [0, 0.1) is 11.6 Å². The standard InChI is InChI=1S/C17H11F2N5O2S/c1-24-12(7-11(23-24)16-20-5-6-26-16)13-8-21-17(27-13)22-15(25)14-9(18)3-2-4-10(14)19/h2-8H,1H3,(H,21,22,25). The third-order valence-electron chi connectivity index (χ3n) is 3.70. The van der Waals surface area contributed by atoms with Crippen LogP contribution < -0.4 is 5.32 Å². The van der Waals surface area contributed by atoms with Crippen molar-refractivity contribution in [2.45, 2.75) is 0 Å². The predicted molar refractivity (Wildman–Crippen MR) is 94.1 cm³/mol. The van der Waals surface area contributed by atoms with Crippen LogP contribution in [0.3, 0.4) is 0 Å². The van der Waals surface area contributed by atoms with E-state index in [2.05, 4.69) is 20.4 Å². The van der Waals surface area contributed by atoms with E-state index in [4.69, 9.17) is 4.42 Å². The van der Waals surface area contributed by atoms with Crippen LogP contribution in [0.4, 0.5) is 13.9 Å². The molecule has 7 nitrogen and oxygen atoms in total. The van der Waals surface area contributed by atoms with E-state index in [-0.39, 0.29) is 5.13 Å². The normalized spacial score (nSPS) is 10.9. The van der Waals surface area contributed by atoms with E-state index >= 15 is 0 Å². The number of aryl methyl sites for hydroxylation is 1. The summed E-state index contributed by atoms with van der Waals surface area (Å²) < 4.78 is 34.3. The molecule has 136 valence electrons. The molecule has 27 heavy (non-hydrogen) atoms. The van der Waals surface area contributed by atoms with Crippen molar-refractivity contribution in [3.8, 4) is 22.2 Å². The first-order valence-electron chi connectivity index (χ1n) is 7.68. The molecule has 4 aromatic rings. The van der Waals surface area contributed by atoms with Gasteiger partial charge in [0, 0.05) is 13.2 Å². The number of carbonyl (C=O) groups is 1. The van der Waals surface area contributed by atoms with Gasteiger partial charge in [-0.25, -0.2) is 18.7 Å². The highest BCUT2D eigenvalue weighted by molar-refractivity contribution is 7.19. The zero-order valence-electron chi connectivity index (χ0n) is 13.8. The minimum absolute atomic E-state index is 0.205. The number of nitrogens with zero attached hydrogens (tertiary/aromatic N) is 4. The molecule has 0 aliphatic heterocycles. The van der Waals surface area contributed by atoms with Gasteiger partial charge in [-0.1, -0.05) is 17.4 Å². The van der Waals surface area contributed by atoms with Crippen molar-refractivity contribution >= 4 is 22.4 Å². The van der Waals surface area contributed by atoms with E-state index in [1.54, 1.807) is 17.8 Å². The number of rotatable bonds is 4. The molecule has 0 radical (unpaired) electrons. The molecule has 3 heterocycles. The molecular weight excluding hydrogens is 376 g/mol. The Morgan fingerprint density at radius 2 is 2.04 bits per heavy atom. The maximum absolute atomic E-state index is 13.7. The monoisotopic (exact) mass is 387 g/mol. The van der Waals surface area contributed by atoms with E-state index < -0.39 is 23.1 Å². The second-order valence-electron chi connectivity index (χ2n) is 5.46. The Hall–Kier alpha value is -3.40. The molecule has 0 aliphatic carbocycles. The summed E-state index contributed by atoms with van der Waals surface area (Å²) in [7, 11) is 1.74. The first kappa shape index (κ1) is 17.0. The van der Waals surface area contributed by atoms with Crippen LogP contribution in [0.1, 0.15) is 10.4 Å². The molecule has 1 aromatic carbocycles. The summed E-state index contributed by atoms with van der Waals surface area (Å²) in [6.45, 7) is 0. The third-order valence-corrected chi connectivity index (χ3v) is 4.63. The number of aromatic nitrogens is 4. The molecule has 0 bridgehead atoms. The maximum Gasteiger partial charge on any atom is 0.263 e. The second kappa shape index (κ2) is 6.72. The molecule has 0 spiro atoms. The smallest absolute Gasteiger partial charge is 0.263 e. The van der Waals surface area contributed by atoms with E-state index in [0.29, 0.717) is 16.5 Å². The largest absolute Gasteiger partial charge is 0.443 e.